The standard InChI is InChI=1S/C20H22N2O4/c1-14-17(20(24)25)7-8-18(21-14)19(23)22-11-9-16(10-12-22)26-13-15-5-3-2-4-6-15/h2-8,16H,9-13H2,1H3,(H,24,25). The zero-order chi connectivity index (χ0) is 18.5. The number of carboxylic acids is 1. The van der Waals surface area contributed by atoms with Gasteiger partial charge in [-0.05, 0) is 37.5 Å². The highest BCUT2D eigenvalue weighted by Crippen LogP contribution is 2.18. The van der Waals surface area contributed by atoms with Crippen LogP contribution < -0.4 is 0 Å². The van der Waals surface area contributed by atoms with Gasteiger partial charge in [0.15, 0.2) is 0 Å². The van der Waals surface area contributed by atoms with Gasteiger partial charge in [0.2, 0.25) is 0 Å². The Labute approximate surface area is 152 Å². The van der Waals surface area contributed by atoms with Gasteiger partial charge in [0.25, 0.3) is 5.91 Å². The van der Waals surface area contributed by atoms with E-state index < -0.39 is 5.97 Å². The first kappa shape index (κ1) is 18.1. The van der Waals surface area contributed by atoms with Crippen LogP contribution >= 0.6 is 0 Å². The normalized spacial score (nSPS) is 15.0. The second kappa shape index (κ2) is 8.10. The van der Waals surface area contributed by atoms with E-state index in [-0.39, 0.29) is 23.3 Å². The maximum absolute atomic E-state index is 12.6. The summed E-state index contributed by atoms with van der Waals surface area (Å²) in [5.41, 5.74) is 1.90. The Morgan fingerprint density at radius 1 is 1.15 bits per heavy atom. The van der Waals surface area contributed by atoms with Gasteiger partial charge in [-0.1, -0.05) is 30.3 Å². The van der Waals surface area contributed by atoms with Crippen LogP contribution in [0.1, 0.15) is 44.9 Å². The van der Waals surface area contributed by atoms with Crippen molar-refractivity contribution in [1.29, 1.82) is 0 Å². The van der Waals surface area contributed by atoms with Crippen LogP contribution in [0.5, 0.6) is 0 Å². The molecule has 6 heteroatoms. The fraction of sp³-hybridized carbons (Fsp3) is 0.350. The van der Waals surface area contributed by atoms with Gasteiger partial charge in [-0.15, -0.1) is 0 Å². The molecule has 1 aromatic carbocycles. The molecule has 0 bridgehead atoms. The van der Waals surface area contributed by atoms with Gasteiger partial charge < -0.3 is 14.7 Å². The minimum absolute atomic E-state index is 0.120. The van der Waals surface area contributed by atoms with Crippen molar-refractivity contribution in [1.82, 2.24) is 9.88 Å². The van der Waals surface area contributed by atoms with E-state index in [9.17, 15) is 9.59 Å². The van der Waals surface area contributed by atoms with Crippen molar-refractivity contribution in [2.45, 2.75) is 32.5 Å². The van der Waals surface area contributed by atoms with E-state index in [0.717, 1.165) is 18.4 Å². The molecule has 136 valence electrons. The van der Waals surface area contributed by atoms with Crippen LogP contribution in [0.2, 0.25) is 0 Å². The number of carbonyl (C=O) groups is 2. The molecule has 0 spiro atoms. The van der Waals surface area contributed by atoms with Crippen molar-refractivity contribution < 1.29 is 19.4 Å². The highest BCUT2D eigenvalue weighted by Gasteiger charge is 2.25. The largest absolute Gasteiger partial charge is 0.478 e. The summed E-state index contributed by atoms with van der Waals surface area (Å²) in [7, 11) is 0. The van der Waals surface area contributed by atoms with Gasteiger partial charge in [-0.2, -0.15) is 0 Å². The lowest BCUT2D eigenvalue weighted by molar-refractivity contribution is -0.000525. The summed E-state index contributed by atoms with van der Waals surface area (Å²) in [6, 6.07) is 13.0. The van der Waals surface area contributed by atoms with E-state index in [1.165, 1.54) is 12.1 Å². The Morgan fingerprint density at radius 2 is 1.85 bits per heavy atom. The van der Waals surface area contributed by atoms with Crippen LogP contribution in [0.3, 0.4) is 0 Å². The second-order valence-corrected chi connectivity index (χ2v) is 6.42. The van der Waals surface area contributed by atoms with E-state index in [4.69, 9.17) is 9.84 Å². The van der Waals surface area contributed by atoms with Crippen LogP contribution in [0.15, 0.2) is 42.5 Å². The molecule has 0 saturated carbocycles. The number of aromatic nitrogens is 1. The number of amides is 1. The Kier molecular flexibility index (Phi) is 5.63. The molecule has 1 aliphatic heterocycles. The SMILES string of the molecule is Cc1nc(C(=O)N2CCC(OCc3ccccc3)CC2)ccc1C(=O)O. The van der Waals surface area contributed by atoms with Gasteiger partial charge in [-0.25, -0.2) is 9.78 Å². The quantitative estimate of drug-likeness (QED) is 0.893. The van der Waals surface area contributed by atoms with Crippen LogP contribution in [0, 0.1) is 6.92 Å². The first-order valence-electron chi connectivity index (χ1n) is 8.70. The zero-order valence-corrected chi connectivity index (χ0v) is 14.7. The number of pyridine rings is 1. The summed E-state index contributed by atoms with van der Waals surface area (Å²) in [6.45, 7) is 3.40. The topological polar surface area (TPSA) is 79.7 Å². The van der Waals surface area contributed by atoms with Gasteiger partial charge in [0, 0.05) is 13.1 Å². The van der Waals surface area contributed by atoms with Crippen molar-refractivity contribution in [3.05, 3.63) is 65.0 Å². The Hall–Kier alpha value is -2.73. The molecule has 0 unspecified atom stereocenters. The monoisotopic (exact) mass is 354 g/mol. The molecule has 1 saturated heterocycles. The van der Waals surface area contributed by atoms with E-state index in [2.05, 4.69) is 4.98 Å². The smallest absolute Gasteiger partial charge is 0.337 e. The average Bonchev–Trinajstić information content (AvgIpc) is 2.66. The van der Waals surface area contributed by atoms with Gasteiger partial charge in [0.1, 0.15) is 5.69 Å². The Morgan fingerprint density at radius 3 is 2.46 bits per heavy atom. The molecule has 3 rings (SSSR count). The van der Waals surface area contributed by atoms with Crippen LogP contribution in [-0.4, -0.2) is 46.1 Å². The number of benzene rings is 1. The minimum atomic E-state index is -1.04. The predicted molar refractivity (Wildman–Crippen MR) is 96.1 cm³/mol. The van der Waals surface area contributed by atoms with Crippen molar-refractivity contribution in [2.24, 2.45) is 0 Å². The van der Waals surface area contributed by atoms with Crippen molar-refractivity contribution in [3.63, 3.8) is 0 Å². The summed E-state index contributed by atoms with van der Waals surface area (Å²) in [6.07, 6.45) is 1.71. The third-order valence-electron chi connectivity index (χ3n) is 4.59. The number of piperidine rings is 1. The second-order valence-electron chi connectivity index (χ2n) is 6.42. The number of aryl methyl sites for hydroxylation is 1. The fourth-order valence-electron chi connectivity index (χ4n) is 3.08. The number of carboxylic acid groups (broad SMARTS) is 1. The molecule has 0 atom stereocenters. The highest BCUT2D eigenvalue weighted by atomic mass is 16.5. The fourth-order valence-corrected chi connectivity index (χ4v) is 3.08. The first-order chi connectivity index (χ1) is 12.5. The molecule has 2 aromatic rings. The summed E-state index contributed by atoms with van der Waals surface area (Å²) in [4.78, 5) is 29.6. The predicted octanol–water partition coefficient (Wildman–Crippen LogP) is 2.91. The van der Waals surface area contributed by atoms with Crippen LogP contribution in [0.25, 0.3) is 0 Å². The molecule has 1 amide bonds. The van der Waals surface area contributed by atoms with Crippen molar-refractivity contribution in [3.8, 4) is 0 Å². The van der Waals surface area contributed by atoms with Crippen LogP contribution in [-0.2, 0) is 11.3 Å². The lowest BCUT2D eigenvalue weighted by Gasteiger charge is -2.31. The summed E-state index contributed by atoms with van der Waals surface area (Å²) in [5.74, 6) is -1.20. The average molecular weight is 354 g/mol. The van der Waals surface area contributed by atoms with E-state index in [0.29, 0.717) is 25.4 Å². The molecule has 26 heavy (non-hydrogen) atoms. The molecule has 0 radical (unpaired) electrons. The highest BCUT2D eigenvalue weighted by molar-refractivity contribution is 5.94. The molecule has 1 fully saturated rings. The number of likely N-dealkylation sites (tertiary alicyclic amines) is 1. The summed E-state index contributed by atoms with van der Waals surface area (Å²) >= 11 is 0. The Bertz CT molecular complexity index is 784. The number of ether oxygens (including phenoxy) is 1. The van der Waals surface area contributed by atoms with Crippen molar-refractivity contribution >= 4 is 11.9 Å². The summed E-state index contributed by atoms with van der Waals surface area (Å²) < 4.78 is 5.95. The molecule has 1 N–H and O–H groups in total. The van der Waals surface area contributed by atoms with E-state index in [1.807, 2.05) is 30.3 Å². The van der Waals surface area contributed by atoms with Gasteiger partial charge in [0.05, 0.1) is 24.0 Å². The molecule has 1 aliphatic rings. The molecule has 2 heterocycles. The molecular weight excluding hydrogens is 332 g/mol. The zero-order valence-electron chi connectivity index (χ0n) is 14.7. The molecule has 1 aromatic heterocycles. The van der Waals surface area contributed by atoms with Gasteiger partial charge >= 0.3 is 5.97 Å². The molecule has 0 aliphatic carbocycles. The third kappa shape index (κ3) is 4.26. The maximum Gasteiger partial charge on any atom is 0.337 e. The molecular formula is C20H22N2O4. The van der Waals surface area contributed by atoms with E-state index in [1.54, 1.807) is 11.8 Å². The first-order valence-corrected chi connectivity index (χ1v) is 8.70. The lowest BCUT2D eigenvalue weighted by Crippen LogP contribution is -2.41. The lowest BCUT2D eigenvalue weighted by atomic mass is 10.1. The third-order valence-corrected chi connectivity index (χ3v) is 4.59. The Balaban J connectivity index is 1.53. The summed E-state index contributed by atoms with van der Waals surface area (Å²) in [5, 5.41) is 9.06. The number of aromatic carboxylic acids is 1. The van der Waals surface area contributed by atoms with Crippen molar-refractivity contribution in [2.75, 3.05) is 13.1 Å². The number of hydrogen-bond donors (Lipinski definition) is 1. The van der Waals surface area contributed by atoms with Gasteiger partial charge in [-0.3, -0.25) is 4.79 Å². The molecule has 6 nitrogen and oxygen atoms in total. The van der Waals surface area contributed by atoms with E-state index >= 15 is 0 Å². The van der Waals surface area contributed by atoms with Crippen LogP contribution in [0.4, 0.5) is 0 Å². The number of nitrogens with zero attached hydrogens (tertiary/aromatic N) is 2. The number of rotatable bonds is 5. The number of carbonyl (C=O) groups excluding carboxylic acids is 1. The minimum Gasteiger partial charge on any atom is -0.478 e. The number of hydrogen-bond acceptors (Lipinski definition) is 4. The maximum atomic E-state index is 12.6.